The van der Waals surface area contributed by atoms with Crippen molar-refractivity contribution in [3.8, 4) is 0 Å². The fraction of sp³-hybridized carbons (Fsp3) is 0.900. The number of alkyl halides is 1. The van der Waals surface area contributed by atoms with Crippen molar-refractivity contribution in [3.05, 3.63) is 0 Å². The zero-order valence-corrected chi connectivity index (χ0v) is 11.8. The number of rotatable bonds is 5. The first-order chi connectivity index (χ1) is 7.44. The van der Waals surface area contributed by atoms with Crippen LogP contribution in [0.25, 0.3) is 0 Å². The first-order valence-corrected chi connectivity index (χ1v) is 8.45. The molecule has 1 saturated heterocycles. The van der Waals surface area contributed by atoms with Crippen molar-refractivity contribution < 1.29 is 13.2 Å². The molecule has 1 N–H and O–H groups in total. The Kier molecular flexibility index (Phi) is 5.24. The number of hydrogen-bond donors (Lipinski definition) is 1. The molecule has 1 amide bonds. The minimum absolute atomic E-state index is 0.0179. The topological polar surface area (TPSA) is 63.2 Å². The second-order valence-electron chi connectivity index (χ2n) is 4.34. The lowest BCUT2D eigenvalue weighted by Gasteiger charge is -2.15. The predicted molar refractivity (Wildman–Crippen MR) is 67.4 cm³/mol. The summed E-state index contributed by atoms with van der Waals surface area (Å²) < 4.78 is 22.4. The molecule has 16 heavy (non-hydrogen) atoms. The summed E-state index contributed by atoms with van der Waals surface area (Å²) in [5.74, 6) is -0.273. The maximum Gasteiger partial charge on any atom is 0.224 e. The van der Waals surface area contributed by atoms with E-state index in [1.807, 2.05) is 6.92 Å². The van der Waals surface area contributed by atoms with Crippen molar-refractivity contribution in [2.24, 2.45) is 5.92 Å². The molecule has 1 fully saturated rings. The summed E-state index contributed by atoms with van der Waals surface area (Å²) in [4.78, 5) is 11.7. The summed E-state index contributed by atoms with van der Waals surface area (Å²) in [7, 11) is -2.96. The summed E-state index contributed by atoms with van der Waals surface area (Å²) in [6.45, 7) is 1.95. The van der Waals surface area contributed by atoms with Gasteiger partial charge in [0.1, 0.15) is 0 Å². The molecule has 1 rings (SSSR count). The van der Waals surface area contributed by atoms with Gasteiger partial charge in [0, 0.05) is 11.4 Å². The quantitative estimate of drug-likeness (QED) is 0.773. The molecular weight excluding hydrogens is 294 g/mol. The minimum atomic E-state index is -2.96. The fourth-order valence-corrected chi connectivity index (χ4v) is 3.88. The molecule has 1 aliphatic heterocycles. The lowest BCUT2D eigenvalue weighted by molar-refractivity contribution is -0.124. The van der Waals surface area contributed by atoms with Crippen molar-refractivity contribution in [2.45, 2.75) is 32.2 Å². The Morgan fingerprint density at radius 2 is 2.25 bits per heavy atom. The molecule has 0 spiro atoms. The molecule has 94 valence electrons. The fourth-order valence-electron chi connectivity index (χ4n) is 1.82. The van der Waals surface area contributed by atoms with E-state index in [4.69, 9.17) is 0 Å². The number of hydrogen-bond acceptors (Lipinski definition) is 3. The average molecular weight is 312 g/mol. The van der Waals surface area contributed by atoms with Gasteiger partial charge in [-0.05, 0) is 26.2 Å². The smallest absolute Gasteiger partial charge is 0.224 e. The van der Waals surface area contributed by atoms with E-state index in [2.05, 4.69) is 21.2 Å². The van der Waals surface area contributed by atoms with E-state index in [1.165, 1.54) is 0 Å². The summed E-state index contributed by atoms with van der Waals surface area (Å²) in [6, 6.07) is 0.119. The largest absolute Gasteiger partial charge is 0.353 e. The molecule has 0 saturated carbocycles. The summed E-state index contributed by atoms with van der Waals surface area (Å²) >= 11 is 3.33. The van der Waals surface area contributed by atoms with Crippen LogP contribution in [0.2, 0.25) is 0 Å². The summed E-state index contributed by atoms with van der Waals surface area (Å²) in [5.41, 5.74) is 0. The molecule has 6 heteroatoms. The third-order valence-corrected chi connectivity index (χ3v) is 5.09. The number of carbonyl (C=O) groups is 1. The van der Waals surface area contributed by atoms with Gasteiger partial charge in [0.2, 0.25) is 5.91 Å². The minimum Gasteiger partial charge on any atom is -0.353 e. The lowest BCUT2D eigenvalue weighted by atomic mass is 10.1. The van der Waals surface area contributed by atoms with Crippen molar-refractivity contribution >= 4 is 31.7 Å². The Balaban J connectivity index is 2.36. The predicted octanol–water partition coefficient (Wildman–Crippen LogP) is 1.10. The zero-order chi connectivity index (χ0) is 12.2. The highest BCUT2D eigenvalue weighted by Crippen LogP contribution is 2.18. The van der Waals surface area contributed by atoms with E-state index in [0.29, 0.717) is 6.42 Å². The van der Waals surface area contributed by atoms with Gasteiger partial charge in [-0.3, -0.25) is 4.79 Å². The van der Waals surface area contributed by atoms with E-state index in [0.717, 1.165) is 18.2 Å². The molecule has 2 unspecified atom stereocenters. The Labute approximate surface area is 105 Å². The second kappa shape index (κ2) is 6.00. The third kappa shape index (κ3) is 4.41. The normalized spacial score (nSPS) is 25.2. The molecule has 4 nitrogen and oxygen atoms in total. The van der Waals surface area contributed by atoms with Gasteiger partial charge in [0.05, 0.1) is 17.4 Å². The van der Waals surface area contributed by atoms with Gasteiger partial charge in [-0.1, -0.05) is 15.9 Å². The first-order valence-electron chi connectivity index (χ1n) is 5.51. The molecule has 2 atom stereocenters. The van der Waals surface area contributed by atoms with Crippen LogP contribution in [0.4, 0.5) is 0 Å². The van der Waals surface area contributed by atoms with Crippen LogP contribution < -0.4 is 5.32 Å². The average Bonchev–Trinajstić information content (AvgIpc) is 2.56. The van der Waals surface area contributed by atoms with Crippen LogP contribution in [-0.4, -0.2) is 37.2 Å². The van der Waals surface area contributed by atoms with E-state index in [-0.39, 0.29) is 29.4 Å². The molecule has 0 bridgehead atoms. The second-order valence-corrected chi connectivity index (χ2v) is 7.36. The van der Waals surface area contributed by atoms with Gasteiger partial charge in [-0.15, -0.1) is 0 Å². The van der Waals surface area contributed by atoms with Crippen molar-refractivity contribution in [1.82, 2.24) is 5.32 Å². The van der Waals surface area contributed by atoms with Crippen LogP contribution in [-0.2, 0) is 14.6 Å². The van der Waals surface area contributed by atoms with Gasteiger partial charge in [0.25, 0.3) is 0 Å². The molecule has 1 heterocycles. The van der Waals surface area contributed by atoms with Gasteiger partial charge < -0.3 is 5.32 Å². The molecular formula is C10H18BrNO3S. The van der Waals surface area contributed by atoms with E-state index < -0.39 is 9.84 Å². The van der Waals surface area contributed by atoms with Gasteiger partial charge in [-0.25, -0.2) is 8.42 Å². The summed E-state index contributed by atoms with van der Waals surface area (Å²) in [5, 5.41) is 3.79. The Bertz CT molecular complexity index is 342. The van der Waals surface area contributed by atoms with Crippen LogP contribution in [0.5, 0.6) is 0 Å². The number of halogens is 1. The van der Waals surface area contributed by atoms with Crippen molar-refractivity contribution in [1.29, 1.82) is 0 Å². The van der Waals surface area contributed by atoms with Crippen LogP contribution in [0.15, 0.2) is 0 Å². The Morgan fingerprint density at radius 1 is 1.56 bits per heavy atom. The van der Waals surface area contributed by atoms with Crippen LogP contribution in [0, 0.1) is 5.92 Å². The molecule has 1 aliphatic rings. The number of amides is 1. The van der Waals surface area contributed by atoms with Crippen molar-refractivity contribution in [3.63, 3.8) is 0 Å². The third-order valence-electron chi connectivity index (χ3n) is 2.76. The Morgan fingerprint density at radius 3 is 2.75 bits per heavy atom. The highest BCUT2D eigenvalue weighted by atomic mass is 79.9. The van der Waals surface area contributed by atoms with Gasteiger partial charge >= 0.3 is 0 Å². The molecule has 0 aromatic carbocycles. The standard InChI is InChI=1S/C10H18BrNO3S/c1-8(3-2-5-11)12-10(13)9-4-6-16(14,15)7-9/h8-9H,2-7H2,1H3,(H,12,13). The number of carbonyl (C=O) groups excluding carboxylic acids is 1. The molecule has 0 aromatic rings. The monoisotopic (exact) mass is 311 g/mol. The first kappa shape index (κ1) is 14.0. The van der Waals surface area contributed by atoms with E-state index in [1.54, 1.807) is 0 Å². The van der Waals surface area contributed by atoms with Crippen LogP contribution in [0.1, 0.15) is 26.2 Å². The van der Waals surface area contributed by atoms with E-state index >= 15 is 0 Å². The Hall–Kier alpha value is -0.100. The lowest BCUT2D eigenvalue weighted by Crippen LogP contribution is -2.37. The van der Waals surface area contributed by atoms with Crippen LogP contribution in [0.3, 0.4) is 0 Å². The number of nitrogens with one attached hydrogen (secondary N) is 1. The van der Waals surface area contributed by atoms with Crippen molar-refractivity contribution in [2.75, 3.05) is 16.8 Å². The maximum atomic E-state index is 11.7. The zero-order valence-electron chi connectivity index (χ0n) is 9.41. The van der Waals surface area contributed by atoms with Crippen LogP contribution >= 0.6 is 15.9 Å². The highest BCUT2D eigenvalue weighted by Gasteiger charge is 2.33. The SMILES string of the molecule is CC(CCCBr)NC(=O)C1CCS(=O)(=O)C1. The van der Waals surface area contributed by atoms with Gasteiger partial charge in [0.15, 0.2) is 9.84 Å². The highest BCUT2D eigenvalue weighted by molar-refractivity contribution is 9.09. The van der Waals surface area contributed by atoms with Gasteiger partial charge in [-0.2, -0.15) is 0 Å². The summed E-state index contributed by atoms with van der Waals surface area (Å²) in [6.07, 6.45) is 2.39. The molecule has 0 aromatic heterocycles. The maximum absolute atomic E-state index is 11.7. The van der Waals surface area contributed by atoms with E-state index in [9.17, 15) is 13.2 Å². The number of sulfone groups is 1. The molecule has 0 aliphatic carbocycles. The molecule has 0 radical (unpaired) electrons.